The van der Waals surface area contributed by atoms with Gasteiger partial charge in [-0.2, -0.15) is 0 Å². The van der Waals surface area contributed by atoms with Crippen molar-refractivity contribution in [3.05, 3.63) is 152 Å². The summed E-state index contributed by atoms with van der Waals surface area (Å²) in [7, 11) is 0. The van der Waals surface area contributed by atoms with Crippen LogP contribution in [0.4, 0.5) is 0 Å². The molecule has 0 fully saturated rings. The van der Waals surface area contributed by atoms with E-state index in [0.717, 1.165) is 66.4 Å². The van der Waals surface area contributed by atoms with E-state index < -0.39 is 0 Å². The van der Waals surface area contributed by atoms with Crippen molar-refractivity contribution in [3.63, 3.8) is 0 Å². The first-order chi connectivity index (χ1) is 22.8. The molecule has 214 valence electrons. The van der Waals surface area contributed by atoms with Crippen LogP contribution in [0, 0.1) is 0 Å². The topological polar surface area (TPSA) is 48.5 Å². The lowest BCUT2D eigenvalue weighted by Crippen LogP contribution is -2.06. The van der Waals surface area contributed by atoms with Gasteiger partial charge >= 0.3 is 0 Å². The molecule has 0 N–H and O–H groups in total. The normalized spacial score (nSPS) is 11.9. The van der Waals surface area contributed by atoms with Crippen molar-refractivity contribution in [1.29, 1.82) is 0 Å². The standard InChI is InChI=1S/C41H25N5/c1-2-12-27(13-3-1)46-37-21-11-6-15-29(37)32-24-26(22-23-38(32)46)39-30-16-5-9-19-35(30)43-41(44-39)45-25-33-28-14-4-8-18-34(28)42-40(33)31-17-7-10-20-36(31)45/h1-25H. The summed E-state index contributed by atoms with van der Waals surface area (Å²) in [6, 6.07) is 50.9. The van der Waals surface area contributed by atoms with Crippen LogP contribution in [-0.2, 0) is 0 Å². The van der Waals surface area contributed by atoms with Gasteiger partial charge in [0, 0.05) is 49.9 Å². The monoisotopic (exact) mass is 587 g/mol. The lowest BCUT2D eigenvalue weighted by Gasteiger charge is -2.16. The van der Waals surface area contributed by atoms with Gasteiger partial charge in [0.25, 0.3) is 0 Å². The predicted octanol–water partition coefficient (Wildman–Crippen LogP) is 9.99. The van der Waals surface area contributed by atoms with E-state index in [1.807, 2.05) is 12.1 Å². The molecule has 4 heterocycles. The number of hydrogen-bond donors (Lipinski definition) is 0. The Labute approximate surface area is 264 Å². The van der Waals surface area contributed by atoms with Gasteiger partial charge in [0.2, 0.25) is 5.95 Å². The van der Waals surface area contributed by atoms with Gasteiger partial charge in [0.1, 0.15) is 0 Å². The highest BCUT2D eigenvalue weighted by Crippen LogP contribution is 2.39. The predicted molar refractivity (Wildman–Crippen MR) is 188 cm³/mol. The summed E-state index contributed by atoms with van der Waals surface area (Å²) in [6.45, 7) is 0. The van der Waals surface area contributed by atoms with Crippen LogP contribution < -0.4 is 0 Å². The minimum absolute atomic E-state index is 0.629. The molecule has 0 atom stereocenters. The first-order valence-corrected chi connectivity index (χ1v) is 15.5. The fraction of sp³-hybridized carbons (Fsp3) is 0. The van der Waals surface area contributed by atoms with E-state index in [9.17, 15) is 0 Å². The molecule has 6 aromatic carbocycles. The number of hydrogen-bond acceptors (Lipinski definition) is 3. The minimum atomic E-state index is 0.629. The molecule has 2 aromatic heterocycles. The first-order valence-electron chi connectivity index (χ1n) is 15.5. The number of pyridine rings is 1. The molecule has 0 aliphatic carbocycles. The van der Waals surface area contributed by atoms with E-state index >= 15 is 0 Å². The molecule has 0 radical (unpaired) electrons. The summed E-state index contributed by atoms with van der Waals surface area (Å²) in [5.74, 6) is 0.629. The average Bonchev–Trinajstić information content (AvgIpc) is 3.67. The van der Waals surface area contributed by atoms with E-state index in [4.69, 9.17) is 15.0 Å². The zero-order chi connectivity index (χ0) is 30.2. The smallest absolute Gasteiger partial charge is 0.235 e. The highest BCUT2D eigenvalue weighted by atomic mass is 15.1. The number of fused-ring (bicyclic) bond motifs is 9. The number of rotatable bonds is 3. The fourth-order valence-electron chi connectivity index (χ4n) is 7.06. The highest BCUT2D eigenvalue weighted by molar-refractivity contribution is 6.11. The number of para-hydroxylation sites is 5. The molecule has 10 rings (SSSR count). The Kier molecular flexibility index (Phi) is 5.22. The summed E-state index contributed by atoms with van der Waals surface area (Å²) < 4.78 is 4.47. The van der Waals surface area contributed by atoms with Crippen molar-refractivity contribution in [2.75, 3.05) is 0 Å². The van der Waals surface area contributed by atoms with Gasteiger partial charge in [0.15, 0.2) is 0 Å². The Morgan fingerprint density at radius 3 is 1.87 bits per heavy atom. The summed E-state index contributed by atoms with van der Waals surface area (Å²) in [5.41, 5.74) is 10.4. The molecule has 0 spiro atoms. The van der Waals surface area contributed by atoms with E-state index in [1.54, 1.807) is 0 Å². The SMILES string of the molecule is c1ccc(-n2c3ccccc3c3cc(-c4nc(-n5cc6c7ccccc7nc-6c6ccccc65)nc5ccccc45)ccc32)cc1. The van der Waals surface area contributed by atoms with Gasteiger partial charge in [-0.1, -0.05) is 97.1 Å². The van der Waals surface area contributed by atoms with Crippen LogP contribution in [0.5, 0.6) is 0 Å². The van der Waals surface area contributed by atoms with E-state index in [2.05, 4.69) is 149 Å². The third kappa shape index (κ3) is 3.60. The first kappa shape index (κ1) is 25.0. The fourth-order valence-corrected chi connectivity index (χ4v) is 7.06. The molecule has 0 amide bonds. The second kappa shape index (κ2) is 9.58. The van der Waals surface area contributed by atoms with Crippen molar-refractivity contribution in [2.45, 2.75) is 0 Å². The zero-order valence-electron chi connectivity index (χ0n) is 24.7. The van der Waals surface area contributed by atoms with E-state index in [-0.39, 0.29) is 0 Å². The van der Waals surface area contributed by atoms with Gasteiger partial charge in [-0.25, -0.2) is 15.0 Å². The highest BCUT2D eigenvalue weighted by Gasteiger charge is 2.20. The Morgan fingerprint density at radius 2 is 1.04 bits per heavy atom. The lowest BCUT2D eigenvalue weighted by molar-refractivity contribution is 0.974. The molecular formula is C41H25N5. The van der Waals surface area contributed by atoms with Crippen LogP contribution in [0.2, 0.25) is 0 Å². The Bertz CT molecular complexity index is 2750. The van der Waals surface area contributed by atoms with Gasteiger partial charge in [-0.3, -0.25) is 4.57 Å². The molecule has 0 saturated carbocycles. The number of nitrogens with zero attached hydrogens (tertiary/aromatic N) is 5. The maximum atomic E-state index is 5.34. The average molecular weight is 588 g/mol. The quantitative estimate of drug-likeness (QED) is 0.207. The molecule has 5 nitrogen and oxygen atoms in total. The zero-order valence-corrected chi connectivity index (χ0v) is 24.7. The van der Waals surface area contributed by atoms with Crippen LogP contribution in [0.15, 0.2) is 152 Å². The van der Waals surface area contributed by atoms with Crippen molar-refractivity contribution >= 4 is 54.5 Å². The van der Waals surface area contributed by atoms with Crippen LogP contribution in [-0.4, -0.2) is 24.1 Å². The lowest BCUT2D eigenvalue weighted by atomic mass is 10.0. The molecule has 2 aliphatic rings. The Morgan fingerprint density at radius 1 is 0.413 bits per heavy atom. The van der Waals surface area contributed by atoms with Crippen molar-refractivity contribution in [3.8, 4) is 34.2 Å². The summed E-state index contributed by atoms with van der Waals surface area (Å²) in [5, 5.41) is 5.62. The molecule has 46 heavy (non-hydrogen) atoms. The maximum Gasteiger partial charge on any atom is 0.235 e. The van der Waals surface area contributed by atoms with Gasteiger partial charge < -0.3 is 4.57 Å². The largest absolute Gasteiger partial charge is 0.309 e. The van der Waals surface area contributed by atoms with Gasteiger partial charge in [-0.15, -0.1) is 0 Å². The van der Waals surface area contributed by atoms with Crippen LogP contribution in [0.3, 0.4) is 0 Å². The van der Waals surface area contributed by atoms with E-state index in [0.29, 0.717) is 5.95 Å². The Hall–Kier alpha value is -6.33. The maximum absolute atomic E-state index is 5.34. The van der Waals surface area contributed by atoms with Crippen molar-refractivity contribution in [2.24, 2.45) is 0 Å². The van der Waals surface area contributed by atoms with Gasteiger partial charge in [0.05, 0.1) is 39.0 Å². The van der Waals surface area contributed by atoms with E-state index in [1.165, 1.54) is 16.3 Å². The second-order valence-electron chi connectivity index (χ2n) is 11.7. The van der Waals surface area contributed by atoms with Gasteiger partial charge in [-0.05, 0) is 48.5 Å². The molecule has 0 unspecified atom stereocenters. The molecule has 0 bridgehead atoms. The molecular weight excluding hydrogens is 562 g/mol. The van der Waals surface area contributed by atoms with Crippen LogP contribution in [0.1, 0.15) is 0 Å². The van der Waals surface area contributed by atoms with Crippen molar-refractivity contribution in [1.82, 2.24) is 24.1 Å². The summed E-state index contributed by atoms with van der Waals surface area (Å²) in [4.78, 5) is 15.5. The molecule has 5 heteroatoms. The number of aromatic nitrogens is 5. The number of benzene rings is 6. The summed E-state index contributed by atoms with van der Waals surface area (Å²) in [6.07, 6.45) is 2.15. The third-order valence-electron chi connectivity index (χ3n) is 9.13. The van der Waals surface area contributed by atoms with Crippen LogP contribution in [0.25, 0.3) is 88.7 Å². The third-order valence-corrected chi connectivity index (χ3v) is 9.13. The molecule has 8 aromatic rings. The second-order valence-corrected chi connectivity index (χ2v) is 11.7. The van der Waals surface area contributed by atoms with Crippen molar-refractivity contribution < 1.29 is 0 Å². The Balaban J connectivity index is 1.26. The molecule has 0 saturated heterocycles. The molecule has 2 aliphatic heterocycles. The van der Waals surface area contributed by atoms with Crippen LogP contribution >= 0.6 is 0 Å². The minimum Gasteiger partial charge on any atom is -0.309 e. The summed E-state index contributed by atoms with van der Waals surface area (Å²) >= 11 is 0.